The topological polar surface area (TPSA) is 43.2 Å². The van der Waals surface area contributed by atoms with Crippen LogP contribution in [0.2, 0.25) is 5.02 Å². The molecule has 0 radical (unpaired) electrons. The molecule has 1 aliphatic heterocycles. The molecule has 1 heterocycles. The molecule has 0 fully saturated rings. The molecule has 144 valence electrons. The number of benzene rings is 1. The molecule has 0 saturated heterocycles. The highest BCUT2D eigenvalue weighted by Gasteiger charge is 2.42. The van der Waals surface area contributed by atoms with E-state index in [9.17, 15) is 0 Å². The van der Waals surface area contributed by atoms with Gasteiger partial charge in [-0.1, -0.05) is 60.8 Å². The molecule has 0 bridgehead atoms. The Labute approximate surface area is 170 Å². The molecular weight excluding hydrogens is 416 g/mol. The third kappa shape index (κ3) is 4.61. The first-order valence-corrected chi connectivity index (χ1v) is 10.2. The van der Waals surface area contributed by atoms with Gasteiger partial charge in [0.25, 0.3) is 0 Å². The van der Waals surface area contributed by atoms with E-state index in [0.717, 1.165) is 40.7 Å². The van der Waals surface area contributed by atoms with Crippen molar-refractivity contribution in [2.75, 3.05) is 14.2 Å². The molecule has 0 N–H and O–H groups in total. The Morgan fingerprint density at radius 3 is 2.50 bits per heavy atom. The lowest BCUT2D eigenvalue weighted by Gasteiger charge is -2.36. The van der Waals surface area contributed by atoms with Gasteiger partial charge in [0.1, 0.15) is 11.6 Å². The van der Waals surface area contributed by atoms with Crippen molar-refractivity contribution in [1.29, 1.82) is 0 Å². The van der Waals surface area contributed by atoms with Crippen LogP contribution in [0.25, 0.3) is 0 Å². The summed E-state index contributed by atoms with van der Waals surface area (Å²) in [6, 6.07) is 5.89. The number of hydrogen-bond donors (Lipinski definition) is 0. The largest absolute Gasteiger partial charge is 0.483 e. The number of ether oxygens (including phenoxy) is 2. The van der Waals surface area contributed by atoms with Gasteiger partial charge in [0.2, 0.25) is 11.8 Å². The predicted molar refractivity (Wildman–Crippen MR) is 113 cm³/mol. The van der Waals surface area contributed by atoms with Crippen LogP contribution >= 0.6 is 27.5 Å². The minimum atomic E-state index is -0.503. The van der Waals surface area contributed by atoms with Crippen molar-refractivity contribution in [3.63, 3.8) is 0 Å². The summed E-state index contributed by atoms with van der Waals surface area (Å²) in [5, 5.41) is 0.758. The Hall–Kier alpha value is -1.07. The van der Waals surface area contributed by atoms with E-state index in [2.05, 4.69) is 42.8 Å². The van der Waals surface area contributed by atoms with E-state index >= 15 is 0 Å². The van der Waals surface area contributed by atoms with Gasteiger partial charge >= 0.3 is 0 Å². The van der Waals surface area contributed by atoms with Gasteiger partial charge in [-0.05, 0) is 42.9 Å². The summed E-state index contributed by atoms with van der Waals surface area (Å²) in [6.07, 6.45) is 3.39. The van der Waals surface area contributed by atoms with Crippen LogP contribution in [0, 0.1) is 5.92 Å². The summed E-state index contributed by atoms with van der Waals surface area (Å²) in [5.41, 5.74) is 0.595. The van der Waals surface area contributed by atoms with Crippen molar-refractivity contribution in [1.82, 2.24) is 0 Å². The Bertz CT molecular complexity index is 690. The number of hydrogen-bond acceptors (Lipinski definition) is 4. The van der Waals surface area contributed by atoms with Gasteiger partial charge in [-0.3, -0.25) is 0 Å². The van der Waals surface area contributed by atoms with Crippen molar-refractivity contribution in [2.45, 2.75) is 58.0 Å². The average molecular weight is 444 g/mol. The summed E-state index contributed by atoms with van der Waals surface area (Å²) < 4.78 is 12.3. The Morgan fingerprint density at radius 2 is 1.96 bits per heavy atom. The molecule has 0 amide bonds. The molecule has 0 aliphatic carbocycles. The molecule has 0 saturated carbocycles. The minimum absolute atomic E-state index is 0.101. The third-order valence-electron chi connectivity index (χ3n) is 4.75. The average Bonchev–Trinajstić information content (AvgIpc) is 2.60. The van der Waals surface area contributed by atoms with Crippen molar-refractivity contribution < 1.29 is 9.47 Å². The van der Waals surface area contributed by atoms with Gasteiger partial charge in [-0.2, -0.15) is 0 Å². The van der Waals surface area contributed by atoms with Crippen LogP contribution in [0.5, 0.6) is 0 Å². The van der Waals surface area contributed by atoms with Crippen LogP contribution in [0.15, 0.2) is 32.7 Å². The van der Waals surface area contributed by atoms with E-state index in [0.29, 0.717) is 17.7 Å². The number of halogens is 2. The molecule has 4 nitrogen and oxygen atoms in total. The minimum Gasteiger partial charge on any atom is -0.483 e. The third-order valence-corrected chi connectivity index (χ3v) is 5.60. The summed E-state index contributed by atoms with van der Waals surface area (Å²) in [4.78, 5) is 9.90. The lowest BCUT2D eigenvalue weighted by atomic mass is 9.85. The molecule has 1 aromatic rings. The van der Waals surface area contributed by atoms with E-state index in [1.807, 2.05) is 12.1 Å². The van der Waals surface area contributed by atoms with Crippen molar-refractivity contribution >= 4 is 39.3 Å². The van der Waals surface area contributed by atoms with Crippen molar-refractivity contribution in [2.24, 2.45) is 15.9 Å². The lowest BCUT2D eigenvalue weighted by molar-refractivity contribution is 0.289. The fourth-order valence-electron chi connectivity index (χ4n) is 3.40. The van der Waals surface area contributed by atoms with Gasteiger partial charge in [-0.25, -0.2) is 9.98 Å². The number of methoxy groups -OCH3 is 2. The summed E-state index contributed by atoms with van der Waals surface area (Å²) in [6.45, 7) is 6.38. The SMILES string of the molecule is CCC[C@@]1(CCc2ccc(Br)cc2Cl)N=C(OC)[C@@H](C(C)C)N=C1OC. The predicted octanol–water partition coefficient (Wildman–Crippen LogP) is 5.70. The monoisotopic (exact) mass is 442 g/mol. The van der Waals surface area contributed by atoms with Crippen LogP contribution < -0.4 is 0 Å². The molecule has 0 spiro atoms. The van der Waals surface area contributed by atoms with Crippen molar-refractivity contribution in [3.05, 3.63) is 33.3 Å². The normalized spacial score (nSPS) is 22.8. The number of nitrogens with zero attached hydrogens (tertiary/aromatic N) is 2. The highest BCUT2D eigenvalue weighted by Crippen LogP contribution is 2.34. The van der Waals surface area contributed by atoms with E-state index in [-0.39, 0.29) is 6.04 Å². The van der Waals surface area contributed by atoms with Gasteiger partial charge in [0.15, 0.2) is 0 Å². The number of aliphatic imine (C=N–C) groups is 2. The fourth-order valence-corrected chi connectivity index (χ4v) is 4.17. The molecule has 26 heavy (non-hydrogen) atoms. The molecule has 1 aliphatic rings. The van der Waals surface area contributed by atoms with Gasteiger partial charge in [0, 0.05) is 9.50 Å². The summed E-state index contributed by atoms with van der Waals surface area (Å²) in [7, 11) is 3.35. The zero-order valence-electron chi connectivity index (χ0n) is 16.2. The summed E-state index contributed by atoms with van der Waals surface area (Å²) in [5.74, 6) is 1.68. The molecule has 6 heteroatoms. The maximum Gasteiger partial charge on any atom is 0.212 e. The molecule has 0 aromatic heterocycles. The first kappa shape index (κ1) is 21.2. The van der Waals surface area contributed by atoms with Crippen LogP contribution in [0.4, 0.5) is 0 Å². The van der Waals surface area contributed by atoms with Crippen LogP contribution in [-0.2, 0) is 15.9 Å². The molecule has 2 rings (SSSR count). The molecular formula is C20H28BrClN2O2. The van der Waals surface area contributed by atoms with E-state index in [4.69, 9.17) is 31.1 Å². The standard InChI is InChI=1S/C20H28BrClN2O2/c1-6-10-20(11-9-14-7-8-15(21)12-16(14)22)19(26-5)23-17(13(2)3)18(24-20)25-4/h7-8,12-13,17H,6,9-11H2,1-5H3/t17-,20+/m1/s1. The van der Waals surface area contributed by atoms with Gasteiger partial charge in [0.05, 0.1) is 14.2 Å². The smallest absolute Gasteiger partial charge is 0.212 e. The first-order valence-electron chi connectivity index (χ1n) is 9.06. The van der Waals surface area contributed by atoms with Gasteiger partial charge < -0.3 is 9.47 Å². The zero-order chi connectivity index (χ0) is 19.3. The van der Waals surface area contributed by atoms with Crippen LogP contribution in [0.3, 0.4) is 0 Å². The Kier molecular flexibility index (Phi) is 7.53. The number of rotatable bonds is 6. The maximum atomic E-state index is 6.41. The fraction of sp³-hybridized carbons (Fsp3) is 0.600. The Morgan fingerprint density at radius 1 is 1.23 bits per heavy atom. The zero-order valence-corrected chi connectivity index (χ0v) is 18.5. The first-order chi connectivity index (χ1) is 12.4. The maximum absolute atomic E-state index is 6.41. The second-order valence-electron chi connectivity index (χ2n) is 7.00. The van der Waals surface area contributed by atoms with Crippen LogP contribution in [0.1, 0.15) is 45.6 Å². The Balaban J connectivity index is 2.36. The number of aryl methyl sites for hydroxylation is 1. The van der Waals surface area contributed by atoms with E-state index < -0.39 is 5.54 Å². The molecule has 0 unspecified atom stereocenters. The van der Waals surface area contributed by atoms with Crippen LogP contribution in [-0.4, -0.2) is 37.6 Å². The lowest BCUT2D eigenvalue weighted by Crippen LogP contribution is -2.47. The highest BCUT2D eigenvalue weighted by atomic mass is 79.9. The van der Waals surface area contributed by atoms with E-state index in [1.165, 1.54) is 0 Å². The highest BCUT2D eigenvalue weighted by molar-refractivity contribution is 9.10. The van der Waals surface area contributed by atoms with Gasteiger partial charge in [-0.15, -0.1) is 0 Å². The second kappa shape index (κ2) is 9.23. The second-order valence-corrected chi connectivity index (χ2v) is 8.32. The quantitative estimate of drug-likeness (QED) is 0.566. The molecule has 1 aromatic carbocycles. The molecule has 2 atom stereocenters. The van der Waals surface area contributed by atoms with E-state index in [1.54, 1.807) is 14.2 Å². The summed E-state index contributed by atoms with van der Waals surface area (Å²) >= 11 is 9.86. The van der Waals surface area contributed by atoms with Crippen molar-refractivity contribution in [3.8, 4) is 0 Å².